The van der Waals surface area contributed by atoms with Gasteiger partial charge in [0.05, 0.1) is 4.92 Å². The molecule has 0 aliphatic heterocycles. The van der Waals surface area contributed by atoms with E-state index in [1.807, 2.05) is 19.0 Å². The molecule has 0 radical (unpaired) electrons. The summed E-state index contributed by atoms with van der Waals surface area (Å²) in [5.74, 6) is 0. The summed E-state index contributed by atoms with van der Waals surface area (Å²) in [4.78, 5) is 23.0. The summed E-state index contributed by atoms with van der Waals surface area (Å²) in [5.41, 5.74) is 0.689. The lowest BCUT2D eigenvalue weighted by Gasteiger charge is -2.10. The van der Waals surface area contributed by atoms with Crippen molar-refractivity contribution in [1.82, 2.24) is 4.90 Å². The van der Waals surface area contributed by atoms with E-state index in [1.165, 1.54) is 6.07 Å². The van der Waals surface area contributed by atoms with Gasteiger partial charge in [0.1, 0.15) is 12.0 Å². The van der Waals surface area contributed by atoms with Gasteiger partial charge >= 0.3 is 0 Å². The molecule has 18 heavy (non-hydrogen) atoms. The summed E-state index contributed by atoms with van der Waals surface area (Å²) >= 11 is 0. The molecular formula is C12H17N3O3. The number of aldehydes is 1. The first-order valence-corrected chi connectivity index (χ1v) is 5.67. The van der Waals surface area contributed by atoms with Crippen LogP contribution in [0.3, 0.4) is 0 Å². The summed E-state index contributed by atoms with van der Waals surface area (Å²) in [6, 6.07) is 4.41. The van der Waals surface area contributed by atoms with Crippen LogP contribution in [0.4, 0.5) is 11.4 Å². The lowest BCUT2D eigenvalue weighted by Crippen LogP contribution is -2.16. The van der Waals surface area contributed by atoms with Crippen LogP contribution in [0.5, 0.6) is 0 Å². The zero-order valence-electron chi connectivity index (χ0n) is 10.5. The number of nitro groups is 1. The average molecular weight is 251 g/mol. The molecule has 0 fully saturated rings. The molecular weight excluding hydrogens is 234 g/mol. The Morgan fingerprint density at radius 1 is 1.44 bits per heavy atom. The van der Waals surface area contributed by atoms with Gasteiger partial charge < -0.3 is 10.2 Å². The van der Waals surface area contributed by atoms with E-state index >= 15 is 0 Å². The molecule has 1 aromatic rings. The Balaban J connectivity index is 2.69. The number of rotatable bonds is 7. The van der Waals surface area contributed by atoms with Gasteiger partial charge in [0.15, 0.2) is 0 Å². The van der Waals surface area contributed by atoms with Crippen molar-refractivity contribution in [3.8, 4) is 0 Å². The Morgan fingerprint density at radius 2 is 2.17 bits per heavy atom. The zero-order chi connectivity index (χ0) is 13.5. The highest BCUT2D eigenvalue weighted by molar-refractivity contribution is 5.79. The Labute approximate surface area is 106 Å². The summed E-state index contributed by atoms with van der Waals surface area (Å²) in [6.07, 6.45) is 1.49. The fourth-order valence-electron chi connectivity index (χ4n) is 1.54. The Kier molecular flexibility index (Phi) is 5.26. The smallest absolute Gasteiger partial charge is 0.293 e. The Morgan fingerprint density at radius 3 is 2.72 bits per heavy atom. The molecule has 0 unspecified atom stereocenters. The molecule has 98 valence electrons. The summed E-state index contributed by atoms with van der Waals surface area (Å²) in [7, 11) is 3.95. The first-order chi connectivity index (χ1) is 8.54. The number of carbonyl (C=O) groups is 1. The van der Waals surface area contributed by atoms with Crippen LogP contribution in [0, 0.1) is 10.1 Å². The number of hydrogen-bond acceptors (Lipinski definition) is 5. The molecule has 0 saturated carbocycles. The fourth-order valence-corrected chi connectivity index (χ4v) is 1.54. The number of nitrogens with one attached hydrogen (secondary N) is 1. The van der Waals surface area contributed by atoms with Crippen LogP contribution < -0.4 is 5.32 Å². The molecule has 0 spiro atoms. The van der Waals surface area contributed by atoms with Crippen LogP contribution in [-0.4, -0.2) is 43.3 Å². The zero-order valence-corrected chi connectivity index (χ0v) is 10.5. The van der Waals surface area contributed by atoms with E-state index in [1.54, 1.807) is 12.1 Å². The van der Waals surface area contributed by atoms with Crippen molar-refractivity contribution in [3.63, 3.8) is 0 Å². The molecule has 0 aliphatic carbocycles. The number of anilines is 1. The first-order valence-electron chi connectivity index (χ1n) is 5.67. The monoisotopic (exact) mass is 251 g/mol. The Bertz CT molecular complexity index is 433. The minimum atomic E-state index is -0.485. The molecule has 0 aliphatic rings. The predicted molar refractivity (Wildman–Crippen MR) is 70.1 cm³/mol. The lowest BCUT2D eigenvalue weighted by atomic mass is 10.2. The van der Waals surface area contributed by atoms with Gasteiger partial charge in [-0.05, 0) is 39.2 Å². The molecule has 0 bridgehead atoms. The average Bonchev–Trinajstić information content (AvgIpc) is 2.34. The standard InChI is InChI=1S/C12H17N3O3/c1-14(2)7-3-6-13-11-5-4-10(9-16)8-12(11)15(17)18/h4-5,8-9,13H,3,6-7H2,1-2H3. The minimum absolute atomic E-state index is 0.0653. The van der Waals surface area contributed by atoms with Gasteiger partial charge in [0.2, 0.25) is 0 Å². The maximum atomic E-state index is 10.9. The maximum absolute atomic E-state index is 10.9. The van der Waals surface area contributed by atoms with Gasteiger partial charge in [-0.1, -0.05) is 0 Å². The molecule has 6 heteroatoms. The van der Waals surface area contributed by atoms with E-state index in [-0.39, 0.29) is 5.69 Å². The molecule has 0 aromatic heterocycles. The fraction of sp³-hybridized carbons (Fsp3) is 0.417. The summed E-state index contributed by atoms with van der Waals surface area (Å²) in [6.45, 7) is 1.56. The quantitative estimate of drug-likeness (QED) is 0.346. The van der Waals surface area contributed by atoms with Gasteiger partial charge in [-0.15, -0.1) is 0 Å². The van der Waals surface area contributed by atoms with Gasteiger partial charge in [0.25, 0.3) is 5.69 Å². The lowest BCUT2D eigenvalue weighted by molar-refractivity contribution is -0.384. The number of nitro benzene ring substituents is 1. The van der Waals surface area contributed by atoms with E-state index in [0.29, 0.717) is 24.1 Å². The minimum Gasteiger partial charge on any atom is -0.379 e. The number of hydrogen-bond donors (Lipinski definition) is 1. The van der Waals surface area contributed by atoms with E-state index in [0.717, 1.165) is 13.0 Å². The number of carbonyl (C=O) groups excluding carboxylic acids is 1. The third-order valence-corrected chi connectivity index (χ3v) is 2.45. The van der Waals surface area contributed by atoms with Crippen LogP contribution in [0.25, 0.3) is 0 Å². The van der Waals surface area contributed by atoms with Crippen molar-refractivity contribution in [2.45, 2.75) is 6.42 Å². The molecule has 1 aromatic carbocycles. The molecule has 6 nitrogen and oxygen atoms in total. The molecule has 0 amide bonds. The number of benzene rings is 1. The highest BCUT2D eigenvalue weighted by Gasteiger charge is 2.13. The molecule has 0 saturated heterocycles. The second-order valence-electron chi connectivity index (χ2n) is 4.24. The topological polar surface area (TPSA) is 75.5 Å². The van der Waals surface area contributed by atoms with Crippen LogP contribution in [0.1, 0.15) is 16.8 Å². The molecule has 0 atom stereocenters. The van der Waals surface area contributed by atoms with Crippen LogP contribution in [0.15, 0.2) is 18.2 Å². The maximum Gasteiger partial charge on any atom is 0.293 e. The van der Waals surface area contributed by atoms with Crippen molar-refractivity contribution in [2.75, 3.05) is 32.5 Å². The van der Waals surface area contributed by atoms with Gasteiger partial charge in [0, 0.05) is 18.2 Å². The van der Waals surface area contributed by atoms with E-state index < -0.39 is 4.92 Å². The molecule has 0 heterocycles. The van der Waals surface area contributed by atoms with Crippen LogP contribution >= 0.6 is 0 Å². The predicted octanol–water partition coefficient (Wildman–Crippen LogP) is 1.77. The van der Waals surface area contributed by atoms with Gasteiger partial charge in [-0.25, -0.2) is 0 Å². The van der Waals surface area contributed by atoms with Gasteiger partial charge in [-0.2, -0.15) is 0 Å². The third-order valence-electron chi connectivity index (χ3n) is 2.45. The normalized spacial score (nSPS) is 10.4. The highest BCUT2D eigenvalue weighted by atomic mass is 16.6. The third kappa shape index (κ3) is 4.14. The first kappa shape index (κ1) is 14.1. The second kappa shape index (κ2) is 6.70. The SMILES string of the molecule is CN(C)CCCNc1ccc(C=O)cc1[N+](=O)[O-]. The molecule has 1 rings (SSSR count). The van der Waals surface area contributed by atoms with Crippen molar-refractivity contribution in [3.05, 3.63) is 33.9 Å². The van der Waals surface area contributed by atoms with Crippen LogP contribution in [-0.2, 0) is 0 Å². The van der Waals surface area contributed by atoms with Crippen molar-refractivity contribution >= 4 is 17.7 Å². The van der Waals surface area contributed by atoms with Crippen molar-refractivity contribution in [1.29, 1.82) is 0 Å². The molecule has 1 N–H and O–H groups in total. The van der Waals surface area contributed by atoms with E-state index in [4.69, 9.17) is 0 Å². The van der Waals surface area contributed by atoms with E-state index in [2.05, 4.69) is 5.32 Å². The summed E-state index contributed by atoms with van der Waals surface area (Å²) in [5, 5.41) is 13.9. The van der Waals surface area contributed by atoms with Crippen molar-refractivity contribution in [2.24, 2.45) is 0 Å². The second-order valence-corrected chi connectivity index (χ2v) is 4.24. The summed E-state index contributed by atoms with van der Waals surface area (Å²) < 4.78 is 0. The van der Waals surface area contributed by atoms with Crippen molar-refractivity contribution < 1.29 is 9.72 Å². The van der Waals surface area contributed by atoms with Crippen LogP contribution in [0.2, 0.25) is 0 Å². The highest BCUT2D eigenvalue weighted by Crippen LogP contribution is 2.24. The Hall–Kier alpha value is -1.95. The largest absolute Gasteiger partial charge is 0.379 e. The number of nitrogens with zero attached hydrogens (tertiary/aromatic N) is 2. The van der Waals surface area contributed by atoms with Gasteiger partial charge in [-0.3, -0.25) is 14.9 Å². The van der Waals surface area contributed by atoms with E-state index in [9.17, 15) is 14.9 Å².